The Morgan fingerprint density at radius 2 is 1.53 bits per heavy atom. The minimum Gasteiger partial charge on any atom is -0.306 e. The molecule has 2 heteroatoms. The van der Waals surface area contributed by atoms with Crippen LogP contribution in [0.2, 0.25) is 0 Å². The van der Waals surface area contributed by atoms with E-state index in [4.69, 9.17) is 0 Å². The van der Waals surface area contributed by atoms with Crippen molar-refractivity contribution in [1.29, 1.82) is 0 Å². The summed E-state index contributed by atoms with van der Waals surface area (Å²) in [7, 11) is 2.27. The standard InChI is InChI=1S/C15H30N2/c1-15(2,3)17-9-6-13(7-10-17)11-14-5-8-16(4)12-14/h13-14H,5-12H2,1-4H3. The Morgan fingerprint density at radius 3 is 2.00 bits per heavy atom. The summed E-state index contributed by atoms with van der Waals surface area (Å²) in [6.07, 6.45) is 5.78. The third kappa shape index (κ3) is 3.69. The highest BCUT2D eigenvalue weighted by Crippen LogP contribution is 2.30. The van der Waals surface area contributed by atoms with Crippen LogP contribution in [-0.4, -0.2) is 48.6 Å². The number of piperidine rings is 1. The predicted molar refractivity (Wildman–Crippen MR) is 74.3 cm³/mol. The van der Waals surface area contributed by atoms with Gasteiger partial charge in [-0.3, -0.25) is 4.90 Å². The lowest BCUT2D eigenvalue weighted by Crippen LogP contribution is -2.46. The third-order valence-electron chi connectivity index (χ3n) is 4.72. The lowest BCUT2D eigenvalue weighted by molar-refractivity contribution is 0.0810. The Labute approximate surface area is 107 Å². The molecule has 0 radical (unpaired) electrons. The number of hydrogen-bond acceptors (Lipinski definition) is 2. The number of hydrogen-bond donors (Lipinski definition) is 0. The molecule has 100 valence electrons. The van der Waals surface area contributed by atoms with Crippen LogP contribution in [0.25, 0.3) is 0 Å². The van der Waals surface area contributed by atoms with Crippen LogP contribution in [0.1, 0.15) is 46.5 Å². The van der Waals surface area contributed by atoms with E-state index in [1.54, 1.807) is 0 Å². The molecule has 0 N–H and O–H groups in total. The van der Waals surface area contributed by atoms with Crippen molar-refractivity contribution in [1.82, 2.24) is 9.80 Å². The van der Waals surface area contributed by atoms with Crippen LogP contribution < -0.4 is 0 Å². The fourth-order valence-electron chi connectivity index (χ4n) is 3.53. The largest absolute Gasteiger partial charge is 0.306 e. The van der Waals surface area contributed by atoms with Crippen LogP contribution in [0.3, 0.4) is 0 Å². The minimum absolute atomic E-state index is 0.374. The minimum atomic E-state index is 0.374. The molecule has 0 aliphatic carbocycles. The summed E-state index contributed by atoms with van der Waals surface area (Å²) in [4.78, 5) is 5.15. The summed E-state index contributed by atoms with van der Waals surface area (Å²) in [6, 6.07) is 0. The van der Waals surface area contributed by atoms with Crippen LogP contribution in [0.5, 0.6) is 0 Å². The maximum Gasteiger partial charge on any atom is 0.0125 e. The molecule has 0 spiro atoms. The zero-order valence-corrected chi connectivity index (χ0v) is 12.2. The first kappa shape index (κ1) is 13.4. The molecule has 2 saturated heterocycles. The summed E-state index contributed by atoms with van der Waals surface area (Å²) in [5.41, 5.74) is 0.374. The van der Waals surface area contributed by atoms with Crippen molar-refractivity contribution in [2.45, 2.75) is 52.0 Å². The van der Waals surface area contributed by atoms with E-state index in [1.807, 2.05) is 0 Å². The summed E-state index contributed by atoms with van der Waals surface area (Å²) in [6.45, 7) is 12.3. The fraction of sp³-hybridized carbons (Fsp3) is 1.00. The van der Waals surface area contributed by atoms with E-state index in [0.29, 0.717) is 5.54 Å². The molecule has 1 atom stereocenters. The second kappa shape index (κ2) is 5.27. The van der Waals surface area contributed by atoms with Crippen molar-refractivity contribution in [3.63, 3.8) is 0 Å². The summed E-state index contributed by atoms with van der Waals surface area (Å²) in [5.74, 6) is 2.00. The van der Waals surface area contributed by atoms with E-state index in [0.717, 1.165) is 11.8 Å². The zero-order chi connectivity index (χ0) is 12.5. The van der Waals surface area contributed by atoms with E-state index in [-0.39, 0.29) is 0 Å². The van der Waals surface area contributed by atoms with Gasteiger partial charge in [0, 0.05) is 12.1 Å². The molecule has 0 bridgehead atoms. The Morgan fingerprint density at radius 1 is 0.941 bits per heavy atom. The third-order valence-corrected chi connectivity index (χ3v) is 4.72. The highest BCUT2D eigenvalue weighted by atomic mass is 15.2. The Bertz CT molecular complexity index is 236. The molecule has 0 aromatic rings. The lowest BCUT2D eigenvalue weighted by atomic mass is 9.85. The van der Waals surface area contributed by atoms with Gasteiger partial charge in [0.2, 0.25) is 0 Å². The van der Waals surface area contributed by atoms with Gasteiger partial charge in [0.05, 0.1) is 0 Å². The van der Waals surface area contributed by atoms with Gasteiger partial charge in [0.15, 0.2) is 0 Å². The van der Waals surface area contributed by atoms with Gasteiger partial charge in [-0.25, -0.2) is 0 Å². The van der Waals surface area contributed by atoms with Crippen LogP contribution in [0, 0.1) is 11.8 Å². The van der Waals surface area contributed by atoms with Crippen LogP contribution in [0.4, 0.5) is 0 Å². The number of nitrogens with zero attached hydrogens (tertiary/aromatic N) is 2. The molecule has 2 nitrogen and oxygen atoms in total. The fourth-order valence-corrected chi connectivity index (χ4v) is 3.53. The Balaban J connectivity index is 1.72. The van der Waals surface area contributed by atoms with E-state index in [2.05, 4.69) is 37.6 Å². The lowest BCUT2D eigenvalue weighted by Gasteiger charge is -2.41. The van der Waals surface area contributed by atoms with Crippen molar-refractivity contribution in [3.05, 3.63) is 0 Å². The van der Waals surface area contributed by atoms with Gasteiger partial charge in [0.25, 0.3) is 0 Å². The van der Waals surface area contributed by atoms with Gasteiger partial charge < -0.3 is 4.90 Å². The predicted octanol–water partition coefficient (Wildman–Crippen LogP) is 2.84. The molecule has 2 heterocycles. The highest BCUT2D eigenvalue weighted by molar-refractivity contribution is 4.84. The summed E-state index contributed by atoms with van der Waals surface area (Å²) >= 11 is 0. The molecular weight excluding hydrogens is 208 g/mol. The molecule has 0 saturated carbocycles. The molecule has 0 aromatic heterocycles. The molecule has 2 fully saturated rings. The maximum absolute atomic E-state index is 2.66. The number of likely N-dealkylation sites (tertiary alicyclic amines) is 2. The Kier molecular flexibility index (Phi) is 4.14. The molecular formula is C15H30N2. The molecule has 2 rings (SSSR count). The summed E-state index contributed by atoms with van der Waals surface area (Å²) < 4.78 is 0. The van der Waals surface area contributed by atoms with Gasteiger partial charge in [-0.2, -0.15) is 0 Å². The van der Waals surface area contributed by atoms with Gasteiger partial charge in [-0.05, 0) is 85.0 Å². The average Bonchev–Trinajstić information content (AvgIpc) is 2.63. The van der Waals surface area contributed by atoms with E-state index >= 15 is 0 Å². The monoisotopic (exact) mass is 238 g/mol. The van der Waals surface area contributed by atoms with Crippen molar-refractivity contribution in [3.8, 4) is 0 Å². The maximum atomic E-state index is 2.66. The topological polar surface area (TPSA) is 6.48 Å². The van der Waals surface area contributed by atoms with Crippen LogP contribution in [0.15, 0.2) is 0 Å². The van der Waals surface area contributed by atoms with E-state index in [1.165, 1.54) is 51.9 Å². The number of rotatable bonds is 2. The van der Waals surface area contributed by atoms with Crippen molar-refractivity contribution < 1.29 is 0 Å². The van der Waals surface area contributed by atoms with Crippen molar-refractivity contribution in [2.24, 2.45) is 11.8 Å². The first-order valence-electron chi connectivity index (χ1n) is 7.39. The average molecular weight is 238 g/mol. The normalized spacial score (nSPS) is 30.0. The molecule has 0 amide bonds. The molecule has 1 unspecified atom stereocenters. The van der Waals surface area contributed by atoms with Crippen LogP contribution in [-0.2, 0) is 0 Å². The zero-order valence-electron chi connectivity index (χ0n) is 12.2. The van der Waals surface area contributed by atoms with Crippen LogP contribution >= 0.6 is 0 Å². The van der Waals surface area contributed by atoms with E-state index < -0.39 is 0 Å². The van der Waals surface area contributed by atoms with Gasteiger partial charge >= 0.3 is 0 Å². The molecule has 2 aliphatic heterocycles. The van der Waals surface area contributed by atoms with Gasteiger partial charge in [0.1, 0.15) is 0 Å². The van der Waals surface area contributed by atoms with Gasteiger partial charge in [-0.15, -0.1) is 0 Å². The second-order valence-corrected chi connectivity index (χ2v) is 7.25. The van der Waals surface area contributed by atoms with E-state index in [9.17, 15) is 0 Å². The smallest absolute Gasteiger partial charge is 0.0125 e. The highest BCUT2D eigenvalue weighted by Gasteiger charge is 2.29. The van der Waals surface area contributed by atoms with Crippen molar-refractivity contribution in [2.75, 3.05) is 33.2 Å². The first-order valence-corrected chi connectivity index (χ1v) is 7.39. The molecule has 2 aliphatic rings. The quantitative estimate of drug-likeness (QED) is 0.730. The molecule has 17 heavy (non-hydrogen) atoms. The van der Waals surface area contributed by atoms with Crippen molar-refractivity contribution >= 4 is 0 Å². The summed E-state index contributed by atoms with van der Waals surface area (Å²) in [5, 5.41) is 0. The Hall–Kier alpha value is -0.0800. The SMILES string of the molecule is CN1CCC(CC2CCN(C(C)(C)C)CC2)C1. The van der Waals surface area contributed by atoms with Gasteiger partial charge in [-0.1, -0.05) is 0 Å². The molecule has 0 aromatic carbocycles. The first-order chi connectivity index (χ1) is 7.95. The second-order valence-electron chi connectivity index (χ2n) is 7.25.